The van der Waals surface area contributed by atoms with Gasteiger partial charge in [0.15, 0.2) is 0 Å². The third-order valence-corrected chi connectivity index (χ3v) is 7.43. The summed E-state index contributed by atoms with van der Waals surface area (Å²) >= 11 is 1.55. The summed E-state index contributed by atoms with van der Waals surface area (Å²) in [6.07, 6.45) is 0. The number of nitro groups is 1. The molecule has 3 rings (SSSR count). The van der Waals surface area contributed by atoms with Crippen LogP contribution in [-0.4, -0.2) is 44.0 Å². The summed E-state index contributed by atoms with van der Waals surface area (Å²) in [6, 6.07) is 13.0. The molecule has 1 unspecified atom stereocenters. The second-order valence-corrected chi connectivity index (χ2v) is 9.16. The Morgan fingerprint density at radius 2 is 1.88 bits per heavy atom. The molecule has 1 aliphatic heterocycles. The minimum atomic E-state index is -3.82. The van der Waals surface area contributed by atoms with Crippen LogP contribution in [0.3, 0.4) is 0 Å². The molecule has 0 aliphatic carbocycles. The number of non-ortho nitro benzene ring substituents is 1. The lowest BCUT2D eigenvalue weighted by atomic mass is 10.2. The van der Waals surface area contributed by atoms with Gasteiger partial charge < -0.3 is 4.90 Å². The molecule has 0 bridgehead atoms. The fraction of sp³-hybridized carbons (Fsp3) is 0.294. The van der Waals surface area contributed by atoms with Gasteiger partial charge in [0, 0.05) is 44.2 Å². The zero-order valence-corrected chi connectivity index (χ0v) is 16.0. The minimum absolute atomic E-state index is 0.0517. The molecule has 7 nitrogen and oxygen atoms in total. The number of nitro benzene ring substituents is 1. The van der Waals surface area contributed by atoms with E-state index >= 15 is 0 Å². The number of anilines is 1. The van der Waals surface area contributed by atoms with Crippen LogP contribution in [0, 0.1) is 10.1 Å². The summed E-state index contributed by atoms with van der Waals surface area (Å²) in [6.45, 7) is 0.371. The smallest absolute Gasteiger partial charge is 0.270 e. The van der Waals surface area contributed by atoms with Gasteiger partial charge in [-0.25, -0.2) is 8.42 Å². The predicted octanol–water partition coefficient (Wildman–Crippen LogP) is 3.10. The van der Waals surface area contributed by atoms with Crippen molar-refractivity contribution >= 4 is 33.2 Å². The van der Waals surface area contributed by atoms with Crippen LogP contribution >= 0.6 is 11.8 Å². The first-order chi connectivity index (χ1) is 12.3. The molecule has 0 spiro atoms. The molecule has 1 aliphatic rings. The average Bonchev–Trinajstić information content (AvgIpc) is 3.12. The van der Waals surface area contributed by atoms with Crippen LogP contribution in [0.1, 0.15) is 10.9 Å². The van der Waals surface area contributed by atoms with Gasteiger partial charge in [0.2, 0.25) is 10.0 Å². The summed E-state index contributed by atoms with van der Waals surface area (Å²) in [7, 11) is 0.0649. The van der Waals surface area contributed by atoms with Gasteiger partial charge in [-0.3, -0.25) is 10.1 Å². The number of hydrogen-bond donors (Lipinski definition) is 0. The van der Waals surface area contributed by atoms with Gasteiger partial charge in [-0.2, -0.15) is 4.31 Å². The van der Waals surface area contributed by atoms with Gasteiger partial charge in [-0.15, -0.1) is 11.8 Å². The first kappa shape index (κ1) is 18.7. The SMILES string of the molecule is CN(C)c1ccc(C2SCCN2S(=O)(=O)c2cccc([N+](=O)[O-])c2)cc1. The van der Waals surface area contributed by atoms with E-state index in [1.54, 1.807) is 11.8 Å². The van der Waals surface area contributed by atoms with Crippen molar-refractivity contribution in [2.75, 3.05) is 31.3 Å². The largest absolute Gasteiger partial charge is 0.378 e. The lowest BCUT2D eigenvalue weighted by Crippen LogP contribution is -2.30. The van der Waals surface area contributed by atoms with E-state index in [1.807, 2.05) is 43.3 Å². The standard InChI is InChI=1S/C17H19N3O4S2/c1-18(2)14-8-6-13(7-9-14)17-19(10-11-25-17)26(23,24)16-5-3-4-15(12-16)20(21)22/h3-9,12,17H,10-11H2,1-2H3. The maximum absolute atomic E-state index is 13.0. The lowest BCUT2D eigenvalue weighted by molar-refractivity contribution is -0.385. The van der Waals surface area contributed by atoms with Crippen molar-refractivity contribution in [1.82, 2.24) is 4.31 Å². The Morgan fingerprint density at radius 1 is 1.19 bits per heavy atom. The molecule has 0 saturated carbocycles. The second-order valence-electron chi connectivity index (χ2n) is 6.08. The van der Waals surface area contributed by atoms with Crippen molar-refractivity contribution in [2.24, 2.45) is 0 Å². The maximum Gasteiger partial charge on any atom is 0.270 e. The highest BCUT2D eigenvalue weighted by atomic mass is 32.2. The average molecular weight is 393 g/mol. The van der Waals surface area contributed by atoms with E-state index < -0.39 is 14.9 Å². The zero-order valence-electron chi connectivity index (χ0n) is 14.4. The number of nitrogens with zero attached hydrogens (tertiary/aromatic N) is 3. The molecular weight excluding hydrogens is 374 g/mol. The van der Waals surface area contributed by atoms with E-state index in [1.165, 1.54) is 22.5 Å². The molecule has 1 fully saturated rings. The Bertz CT molecular complexity index is 914. The number of hydrogen-bond acceptors (Lipinski definition) is 6. The highest BCUT2D eigenvalue weighted by molar-refractivity contribution is 8.01. The van der Waals surface area contributed by atoms with Crippen molar-refractivity contribution in [3.63, 3.8) is 0 Å². The number of benzene rings is 2. The predicted molar refractivity (Wildman–Crippen MR) is 103 cm³/mol. The normalized spacial score (nSPS) is 18.0. The summed E-state index contributed by atoms with van der Waals surface area (Å²) in [5, 5.41) is 10.6. The summed E-state index contributed by atoms with van der Waals surface area (Å²) < 4.78 is 27.5. The Morgan fingerprint density at radius 3 is 2.50 bits per heavy atom. The van der Waals surface area contributed by atoms with Crippen LogP contribution in [0.2, 0.25) is 0 Å². The van der Waals surface area contributed by atoms with E-state index in [2.05, 4.69) is 0 Å². The monoisotopic (exact) mass is 393 g/mol. The van der Waals surface area contributed by atoms with Crippen LogP contribution in [0.5, 0.6) is 0 Å². The molecule has 0 radical (unpaired) electrons. The maximum atomic E-state index is 13.0. The molecule has 2 aromatic carbocycles. The first-order valence-electron chi connectivity index (χ1n) is 7.96. The molecule has 0 aromatic heterocycles. The van der Waals surface area contributed by atoms with Crippen LogP contribution in [-0.2, 0) is 10.0 Å². The Labute approximate surface area is 156 Å². The minimum Gasteiger partial charge on any atom is -0.378 e. The molecule has 9 heteroatoms. The fourth-order valence-electron chi connectivity index (χ4n) is 2.79. The van der Waals surface area contributed by atoms with Crippen molar-refractivity contribution in [3.8, 4) is 0 Å². The Balaban J connectivity index is 1.94. The van der Waals surface area contributed by atoms with Crippen LogP contribution in [0.4, 0.5) is 11.4 Å². The molecule has 26 heavy (non-hydrogen) atoms. The molecule has 0 N–H and O–H groups in total. The van der Waals surface area contributed by atoms with E-state index in [9.17, 15) is 18.5 Å². The van der Waals surface area contributed by atoms with Crippen molar-refractivity contribution in [3.05, 3.63) is 64.2 Å². The number of thioether (sulfide) groups is 1. The van der Waals surface area contributed by atoms with Crippen LogP contribution in [0.15, 0.2) is 53.4 Å². The van der Waals surface area contributed by atoms with E-state index in [-0.39, 0.29) is 16.0 Å². The topological polar surface area (TPSA) is 83.8 Å². The van der Waals surface area contributed by atoms with Gasteiger partial charge >= 0.3 is 0 Å². The van der Waals surface area contributed by atoms with E-state index in [4.69, 9.17) is 0 Å². The van der Waals surface area contributed by atoms with E-state index in [0.717, 1.165) is 17.3 Å². The van der Waals surface area contributed by atoms with Crippen molar-refractivity contribution in [1.29, 1.82) is 0 Å². The van der Waals surface area contributed by atoms with Crippen molar-refractivity contribution < 1.29 is 13.3 Å². The molecule has 138 valence electrons. The fourth-order valence-corrected chi connectivity index (χ4v) is 6.07. The lowest BCUT2D eigenvalue weighted by Gasteiger charge is -2.24. The molecule has 1 atom stereocenters. The molecule has 0 amide bonds. The van der Waals surface area contributed by atoms with Crippen molar-refractivity contribution in [2.45, 2.75) is 10.3 Å². The van der Waals surface area contributed by atoms with Gasteiger partial charge in [-0.05, 0) is 23.8 Å². The Kier molecular flexibility index (Phi) is 5.22. The van der Waals surface area contributed by atoms with Gasteiger partial charge in [0.05, 0.1) is 15.2 Å². The summed E-state index contributed by atoms with van der Waals surface area (Å²) in [4.78, 5) is 12.3. The second kappa shape index (κ2) is 7.26. The molecular formula is C17H19N3O4S2. The Hall–Kier alpha value is -2.10. The molecule has 1 heterocycles. The van der Waals surface area contributed by atoms with E-state index in [0.29, 0.717) is 12.3 Å². The third kappa shape index (κ3) is 3.55. The van der Waals surface area contributed by atoms with Crippen LogP contribution < -0.4 is 4.90 Å². The quantitative estimate of drug-likeness (QED) is 0.573. The molecule has 2 aromatic rings. The van der Waals surface area contributed by atoms with Gasteiger partial charge in [0.1, 0.15) is 0 Å². The summed E-state index contributed by atoms with van der Waals surface area (Å²) in [5.74, 6) is 0.675. The molecule has 1 saturated heterocycles. The van der Waals surface area contributed by atoms with Crippen LogP contribution in [0.25, 0.3) is 0 Å². The van der Waals surface area contributed by atoms with Gasteiger partial charge in [-0.1, -0.05) is 18.2 Å². The first-order valence-corrected chi connectivity index (χ1v) is 10.4. The third-order valence-electron chi connectivity index (χ3n) is 4.18. The zero-order chi connectivity index (χ0) is 18.9. The highest BCUT2D eigenvalue weighted by Crippen LogP contribution is 2.42. The van der Waals surface area contributed by atoms with Gasteiger partial charge in [0.25, 0.3) is 5.69 Å². The number of rotatable bonds is 5. The summed E-state index contributed by atoms with van der Waals surface area (Å²) in [5.41, 5.74) is 1.70. The number of sulfonamides is 1. The highest BCUT2D eigenvalue weighted by Gasteiger charge is 2.37.